The number of hydrogen-bond donors (Lipinski definition) is 0. The number of benzene rings is 2. The quantitative estimate of drug-likeness (QED) is 0.435. The lowest BCUT2D eigenvalue weighted by Gasteiger charge is -2.08. The van der Waals surface area contributed by atoms with Crippen LogP contribution >= 0.6 is 11.6 Å². The minimum Gasteiger partial charge on any atom is -0.489 e. The van der Waals surface area contributed by atoms with E-state index in [1.165, 1.54) is 13.0 Å². The summed E-state index contributed by atoms with van der Waals surface area (Å²) in [5, 5.41) is 15.3. The summed E-state index contributed by atoms with van der Waals surface area (Å²) in [4.78, 5) is 10.6. The van der Waals surface area contributed by atoms with Crippen molar-refractivity contribution in [3.63, 3.8) is 0 Å². The van der Waals surface area contributed by atoms with Gasteiger partial charge in [0.25, 0.3) is 0 Å². The highest BCUT2D eigenvalue weighted by Gasteiger charge is 2.21. The number of aryl methyl sites for hydroxylation is 1. The van der Waals surface area contributed by atoms with E-state index in [2.05, 4.69) is 5.16 Å². The third-order valence-electron chi connectivity index (χ3n) is 3.68. The maximum absolute atomic E-state index is 11.1. The second kappa shape index (κ2) is 7.84. The Kier molecular flexibility index (Phi) is 5.34. The molecule has 7 heteroatoms. The number of ether oxygens (including phenoxy) is 1. The molecule has 3 rings (SSSR count). The number of aromatic nitrogens is 1. The van der Waals surface area contributed by atoms with E-state index in [-0.39, 0.29) is 17.1 Å². The molecule has 0 aliphatic carbocycles. The number of hydrogen-bond acceptors (Lipinski definition) is 5. The van der Waals surface area contributed by atoms with Crippen LogP contribution in [0.3, 0.4) is 0 Å². The Morgan fingerprint density at radius 2 is 2.04 bits per heavy atom. The van der Waals surface area contributed by atoms with Gasteiger partial charge in [0.1, 0.15) is 12.4 Å². The molecule has 6 nitrogen and oxygen atoms in total. The Hall–Kier alpha value is -3.12. The molecule has 132 valence electrons. The molecular weight excluding hydrogens is 356 g/mol. The highest BCUT2D eigenvalue weighted by atomic mass is 35.5. The summed E-state index contributed by atoms with van der Waals surface area (Å²) in [6.07, 6.45) is 3.22. The lowest BCUT2D eigenvalue weighted by Crippen LogP contribution is -1.96. The van der Waals surface area contributed by atoms with Crippen LogP contribution in [-0.4, -0.2) is 10.1 Å². The molecule has 2 aromatic carbocycles. The van der Waals surface area contributed by atoms with Gasteiger partial charge < -0.3 is 9.26 Å². The summed E-state index contributed by atoms with van der Waals surface area (Å²) < 4.78 is 10.8. The van der Waals surface area contributed by atoms with Crippen LogP contribution in [0.2, 0.25) is 5.02 Å². The van der Waals surface area contributed by atoms with Crippen LogP contribution in [0.5, 0.6) is 5.75 Å². The molecule has 0 fully saturated rings. The molecule has 0 saturated carbocycles. The first-order valence-corrected chi connectivity index (χ1v) is 8.17. The van der Waals surface area contributed by atoms with Crippen molar-refractivity contribution >= 4 is 29.4 Å². The van der Waals surface area contributed by atoms with Crippen LogP contribution in [0.4, 0.5) is 5.69 Å². The van der Waals surface area contributed by atoms with Crippen molar-refractivity contribution < 1.29 is 14.2 Å². The zero-order valence-electron chi connectivity index (χ0n) is 13.9. The molecule has 3 aromatic rings. The van der Waals surface area contributed by atoms with E-state index < -0.39 is 4.92 Å². The lowest BCUT2D eigenvalue weighted by molar-refractivity contribution is -0.386. The summed E-state index contributed by atoms with van der Waals surface area (Å²) in [6.45, 7) is 1.88. The highest BCUT2D eigenvalue weighted by molar-refractivity contribution is 6.31. The fourth-order valence-electron chi connectivity index (χ4n) is 2.37. The van der Waals surface area contributed by atoms with E-state index in [1.807, 2.05) is 48.5 Å². The Morgan fingerprint density at radius 3 is 2.81 bits per heavy atom. The van der Waals surface area contributed by atoms with Gasteiger partial charge in [-0.15, -0.1) is 0 Å². The van der Waals surface area contributed by atoms with Crippen LogP contribution in [0.1, 0.15) is 22.6 Å². The fraction of sp³-hybridized carbons (Fsp3) is 0.105. The average molecular weight is 371 g/mol. The number of nitro groups is 1. The van der Waals surface area contributed by atoms with Gasteiger partial charge in [-0.2, -0.15) is 0 Å². The Balaban J connectivity index is 1.73. The largest absolute Gasteiger partial charge is 0.489 e. The Bertz CT molecular complexity index is 966. The first-order valence-electron chi connectivity index (χ1n) is 7.79. The molecule has 0 bridgehead atoms. The zero-order chi connectivity index (χ0) is 18.5. The van der Waals surface area contributed by atoms with Crippen molar-refractivity contribution in [2.45, 2.75) is 13.5 Å². The molecule has 0 aliphatic heterocycles. The van der Waals surface area contributed by atoms with Gasteiger partial charge >= 0.3 is 5.69 Å². The molecule has 26 heavy (non-hydrogen) atoms. The maximum Gasteiger partial charge on any atom is 0.338 e. The van der Waals surface area contributed by atoms with Crippen molar-refractivity contribution in [3.8, 4) is 5.75 Å². The van der Waals surface area contributed by atoms with E-state index in [0.29, 0.717) is 17.4 Å². The summed E-state index contributed by atoms with van der Waals surface area (Å²) in [7, 11) is 0. The smallest absolute Gasteiger partial charge is 0.338 e. The highest BCUT2D eigenvalue weighted by Crippen LogP contribution is 2.25. The monoisotopic (exact) mass is 370 g/mol. The van der Waals surface area contributed by atoms with Crippen molar-refractivity contribution in [2.24, 2.45) is 0 Å². The molecule has 0 N–H and O–H groups in total. The van der Waals surface area contributed by atoms with Gasteiger partial charge in [-0.05, 0) is 36.8 Å². The third-order valence-corrected chi connectivity index (χ3v) is 4.05. The van der Waals surface area contributed by atoms with E-state index >= 15 is 0 Å². The molecule has 0 spiro atoms. The lowest BCUT2D eigenvalue weighted by atomic mass is 10.2. The summed E-state index contributed by atoms with van der Waals surface area (Å²) in [5.41, 5.74) is 1.81. The van der Waals surface area contributed by atoms with Gasteiger partial charge in [0.05, 0.1) is 4.92 Å². The molecule has 0 radical (unpaired) electrons. The molecule has 0 unspecified atom stereocenters. The Morgan fingerprint density at radius 1 is 1.23 bits per heavy atom. The van der Waals surface area contributed by atoms with Crippen LogP contribution in [-0.2, 0) is 6.61 Å². The predicted molar refractivity (Wildman–Crippen MR) is 99.0 cm³/mol. The van der Waals surface area contributed by atoms with Gasteiger partial charge in [0.15, 0.2) is 5.69 Å². The van der Waals surface area contributed by atoms with Crippen molar-refractivity contribution in [1.82, 2.24) is 5.16 Å². The maximum atomic E-state index is 11.1. The van der Waals surface area contributed by atoms with E-state index in [1.54, 1.807) is 6.08 Å². The SMILES string of the molecule is Cc1noc(/C=C\c2cccc(OCc3ccccc3Cl)c2)c1[N+](=O)[O-]. The van der Waals surface area contributed by atoms with Crippen LogP contribution in [0.25, 0.3) is 12.2 Å². The van der Waals surface area contributed by atoms with E-state index in [0.717, 1.165) is 11.1 Å². The van der Waals surface area contributed by atoms with Crippen molar-refractivity contribution in [1.29, 1.82) is 0 Å². The fourth-order valence-corrected chi connectivity index (χ4v) is 2.56. The first-order chi connectivity index (χ1) is 12.5. The normalized spacial score (nSPS) is 11.0. The van der Waals surface area contributed by atoms with Crippen LogP contribution in [0, 0.1) is 17.0 Å². The third kappa shape index (κ3) is 4.10. The van der Waals surface area contributed by atoms with Crippen LogP contribution < -0.4 is 4.74 Å². The van der Waals surface area contributed by atoms with Crippen molar-refractivity contribution in [2.75, 3.05) is 0 Å². The standard InChI is InChI=1S/C19H15ClN2O4/c1-13-19(22(23)24)18(26-21-13)10-9-14-5-4-7-16(11-14)25-12-15-6-2-3-8-17(15)20/h2-11H,12H2,1H3/b10-9-. The molecule has 0 atom stereocenters. The van der Waals surface area contributed by atoms with Crippen molar-refractivity contribution in [3.05, 3.63) is 86.2 Å². The topological polar surface area (TPSA) is 78.4 Å². The molecule has 1 aromatic heterocycles. The van der Waals surface area contributed by atoms with Gasteiger partial charge in [-0.1, -0.05) is 53.2 Å². The number of rotatable bonds is 6. The molecular formula is C19H15ClN2O4. The number of halogens is 1. The minimum absolute atomic E-state index is 0.106. The van der Waals surface area contributed by atoms with Gasteiger partial charge in [0.2, 0.25) is 5.76 Å². The molecule has 0 saturated heterocycles. The van der Waals surface area contributed by atoms with Gasteiger partial charge in [-0.3, -0.25) is 10.1 Å². The van der Waals surface area contributed by atoms with Gasteiger partial charge in [-0.25, -0.2) is 0 Å². The summed E-state index contributed by atoms with van der Waals surface area (Å²) in [6, 6.07) is 14.8. The van der Waals surface area contributed by atoms with Crippen LogP contribution in [0.15, 0.2) is 53.1 Å². The van der Waals surface area contributed by atoms with E-state index in [9.17, 15) is 10.1 Å². The number of nitrogens with zero attached hydrogens (tertiary/aromatic N) is 2. The first kappa shape index (κ1) is 17.7. The summed E-state index contributed by atoms with van der Waals surface area (Å²) in [5.74, 6) is 0.769. The van der Waals surface area contributed by atoms with Gasteiger partial charge in [0, 0.05) is 10.6 Å². The minimum atomic E-state index is -0.505. The average Bonchev–Trinajstić information content (AvgIpc) is 3.00. The molecule has 1 heterocycles. The molecule has 0 amide bonds. The summed E-state index contributed by atoms with van der Waals surface area (Å²) >= 11 is 6.12. The second-order valence-electron chi connectivity index (χ2n) is 5.52. The van der Waals surface area contributed by atoms with E-state index in [4.69, 9.17) is 20.9 Å². The zero-order valence-corrected chi connectivity index (χ0v) is 14.6. The second-order valence-corrected chi connectivity index (χ2v) is 5.93. The Labute approximate surface area is 154 Å². The molecule has 0 aliphatic rings. The predicted octanol–water partition coefficient (Wildman–Crippen LogP) is 5.29.